The number of aliphatic hydroxyl groups is 2. The van der Waals surface area contributed by atoms with Gasteiger partial charge in [-0.3, -0.25) is 0 Å². The van der Waals surface area contributed by atoms with Crippen molar-refractivity contribution in [2.24, 2.45) is 0 Å². The van der Waals surface area contributed by atoms with Crippen molar-refractivity contribution in [3.8, 4) is 0 Å². The average molecular weight is 204 g/mol. The molecule has 1 aliphatic heterocycles. The Labute approximate surface area is 84.8 Å². The molecule has 0 bridgehead atoms. The summed E-state index contributed by atoms with van der Waals surface area (Å²) in [5.74, 6) is 0. The Morgan fingerprint density at radius 1 is 1.21 bits per heavy atom. The molecule has 0 aromatic rings. The van der Waals surface area contributed by atoms with Gasteiger partial charge in [-0.25, -0.2) is 0 Å². The minimum atomic E-state index is -0.133. The molecule has 4 heteroatoms. The second-order valence-corrected chi connectivity index (χ2v) is 3.58. The van der Waals surface area contributed by atoms with E-state index in [1.807, 2.05) is 0 Å². The highest BCUT2D eigenvalue weighted by Gasteiger charge is 2.18. The van der Waals surface area contributed by atoms with Gasteiger partial charge < -0.3 is 19.7 Å². The summed E-state index contributed by atoms with van der Waals surface area (Å²) in [6.45, 7) is 0.949. The van der Waals surface area contributed by atoms with E-state index in [1.165, 1.54) is 0 Å². The van der Waals surface area contributed by atoms with Crippen LogP contribution in [0.1, 0.15) is 32.1 Å². The average Bonchev–Trinajstić information content (AvgIpc) is 2.20. The predicted octanol–water partition coefficient (Wildman–Crippen LogP) is 0.663. The molecule has 0 radical (unpaired) electrons. The van der Waals surface area contributed by atoms with Gasteiger partial charge >= 0.3 is 0 Å². The molecule has 0 saturated carbocycles. The fourth-order valence-electron chi connectivity index (χ4n) is 1.60. The Hall–Kier alpha value is -0.160. The lowest BCUT2D eigenvalue weighted by molar-refractivity contribution is -0.192. The molecule has 0 amide bonds. The zero-order chi connectivity index (χ0) is 10.2. The molecule has 0 aromatic heterocycles. The molecule has 14 heavy (non-hydrogen) atoms. The minimum absolute atomic E-state index is 0.0758. The molecule has 0 spiro atoms. The number of rotatable bonds is 6. The van der Waals surface area contributed by atoms with Gasteiger partial charge in [-0.2, -0.15) is 0 Å². The van der Waals surface area contributed by atoms with Crippen LogP contribution in [0.25, 0.3) is 0 Å². The number of ether oxygens (including phenoxy) is 2. The van der Waals surface area contributed by atoms with E-state index in [9.17, 15) is 0 Å². The van der Waals surface area contributed by atoms with E-state index in [1.54, 1.807) is 0 Å². The van der Waals surface area contributed by atoms with Crippen LogP contribution in [0.2, 0.25) is 0 Å². The fourth-order valence-corrected chi connectivity index (χ4v) is 1.60. The summed E-state index contributed by atoms with van der Waals surface area (Å²) >= 11 is 0. The van der Waals surface area contributed by atoms with Crippen LogP contribution in [0, 0.1) is 0 Å². The summed E-state index contributed by atoms with van der Waals surface area (Å²) in [5, 5.41) is 17.6. The lowest BCUT2D eigenvalue weighted by atomic mass is 10.2. The van der Waals surface area contributed by atoms with Gasteiger partial charge in [0.1, 0.15) is 0 Å². The van der Waals surface area contributed by atoms with Crippen molar-refractivity contribution in [3.63, 3.8) is 0 Å². The van der Waals surface area contributed by atoms with Gasteiger partial charge in [0.15, 0.2) is 6.29 Å². The third-order valence-electron chi connectivity index (χ3n) is 2.38. The lowest BCUT2D eigenvalue weighted by Gasteiger charge is -2.27. The van der Waals surface area contributed by atoms with Gasteiger partial charge in [0.05, 0.1) is 6.10 Å². The van der Waals surface area contributed by atoms with Crippen molar-refractivity contribution >= 4 is 0 Å². The standard InChI is InChI=1S/C10H20O4/c11-6-4-9(5-7-12)14-10-3-1-2-8-13-10/h9-12H,1-8H2/t10-/m0/s1. The highest BCUT2D eigenvalue weighted by atomic mass is 16.7. The van der Waals surface area contributed by atoms with Gasteiger partial charge in [0.25, 0.3) is 0 Å². The highest BCUT2D eigenvalue weighted by molar-refractivity contribution is 4.61. The molecule has 1 atom stereocenters. The van der Waals surface area contributed by atoms with Crippen LogP contribution in [0.5, 0.6) is 0 Å². The van der Waals surface area contributed by atoms with E-state index < -0.39 is 0 Å². The summed E-state index contributed by atoms with van der Waals surface area (Å²) in [4.78, 5) is 0. The Balaban J connectivity index is 2.21. The molecular weight excluding hydrogens is 184 g/mol. The molecule has 0 aliphatic carbocycles. The number of hydrogen-bond donors (Lipinski definition) is 2. The van der Waals surface area contributed by atoms with E-state index in [2.05, 4.69) is 0 Å². The van der Waals surface area contributed by atoms with E-state index in [0.29, 0.717) is 12.8 Å². The molecule has 0 unspecified atom stereocenters. The van der Waals surface area contributed by atoms with Gasteiger partial charge in [-0.15, -0.1) is 0 Å². The van der Waals surface area contributed by atoms with Gasteiger partial charge in [-0.1, -0.05) is 0 Å². The Kier molecular flexibility index (Phi) is 6.10. The summed E-state index contributed by atoms with van der Waals surface area (Å²) in [5.41, 5.74) is 0. The molecule has 1 fully saturated rings. The largest absolute Gasteiger partial charge is 0.396 e. The maximum atomic E-state index is 8.79. The fraction of sp³-hybridized carbons (Fsp3) is 1.00. The Morgan fingerprint density at radius 2 is 1.93 bits per heavy atom. The first-order valence-electron chi connectivity index (χ1n) is 5.35. The maximum Gasteiger partial charge on any atom is 0.157 e. The minimum Gasteiger partial charge on any atom is -0.396 e. The van der Waals surface area contributed by atoms with Gasteiger partial charge in [0.2, 0.25) is 0 Å². The van der Waals surface area contributed by atoms with Crippen LogP contribution in [0.3, 0.4) is 0 Å². The summed E-state index contributed by atoms with van der Waals surface area (Å²) < 4.78 is 11.0. The van der Waals surface area contributed by atoms with Crippen LogP contribution in [0.4, 0.5) is 0 Å². The van der Waals surface area contributed by atoms with E-state index in [-0.39, 0.29) is 25.6 Å². The van der Waals surface area contributed by atoms with Crippen molar-refractivity contribution in [3.05, 3.63) is 0 Å². The van der Waals surface area contributed by atoms with Crippen molar-refractivity contribution in [2.45, 2.75) is 44.5 Å². The molecule has 84 valence electrons. The predicted molar refractivity (Wildman–Crippen MR) is 51.9 cm³/mol. The van der Waals surface area contributed by atoms with Crippen molar-refractivity contribution in [1.82, 2.24) is 0 Å². The highest BCUT2D eigenvalue weighted by Crippen LogP contribution is 2.17. The van der Waals surface area contributed by atoms with Gasteiger partial charge in [-0.05, 0) is 32.1 Å². The molecule has 1 rings (SSSR count). The SMILES string of the molecule is OCCC(CCO)O[C@H]1CCCCO1. The van der Waals surface area contributed by atoms with Crippen LogP contribution in [-0.2, 0) is 9.47 Å². The third kappa shape index (κ3) is 4.37. The molecule has 4 nitrogen and oxygen atoms in total. The number of aliphatic hydroxyl groups excluding tert-OH is 2. The topological polar surface area (TPSA) is 58.9 Å². The quantitative estimate of drug-likeness (QED) is 0.667. The molecule has 2 N–H and O–H groups in total. The normalized spacial score (nSPS) is 22.9. The van der Waals surface area contributed by atoms with Crippen LogP contribution in [0.15, 0.2) is 0 Å². The third-order valence-corrected chi connectivity index (χ3v) is 2.38. The maximum absolute atomic E-state index is 8.79. The molecule has 1 saturated heterocycles. The van der Waals surface area contributed by atoms with E-state index >= 15 is 0 Å². The summed E-state index contributed by atoms with van der Waals surface area (Å²) in [6, 6.07) is 0. The van der Waals surface area contributed by atoms with Crippen molar-refractivity contribution in [2.75, 3.05) is 19.8 Å². The van der Waals surface area contributed by atoms with Crippen molar-refractivity contribution < 1.29 is 19.7 Å². The zero-order valence-electron chi connectivity index (χ0n) is 8.52. The molecular formula is C10H20O4. The first-order valence-corrected chi connectivity index (χ1v) is 5.35. The smallest absolute Gasteiger partial charge is 0.157 e. The number of hydrogen-bond acceptors (Lipinski definition) is 4. The Bertz CT molecular complexity index is 128. The lowest BCUT2D eigenvalue weighted by Crippen LogP contribution is -2.29. The van der Waals surface area contributed by atoms with E-state index in [4.69, 9.17) is 19.7 Å². The first kappa shape index (κ1) is 11.9. The second-order valence-electron chi connectivity index (χ2n) is 3.58. The van der Waals surface area contributed by atoms with Gasteiger partial charge in [0, 0.05) is 19.8 Å². The van der Waals surface area contributed by atoms with Crippen LogP contribution < -0.4 is 0 Å². The first-order chi connectivity index (χ1) is 6.86. The van der Waals surface area contributed by atoms with E-state index in [0.717, 1.165) is 25.9 Å². The molecule has 0 aromatic carbocycles. The molecule has 1 heterocycles. The monoisotopic (exact) mass is 204 g/mol. The summed E-state index contributed by atoms with van der Waals surface area (Å²) in [6.07, 6.45) is 4.09. The van der Waals surface area contributed by atoms with Crippen LogP contribution in [-0.4, -0.2) is 42.4 Å². The molecule has 1 aliphatic rings. The summed E-state index contributed by atoms with van der Waals surface area (Å²) in [7, 11) is 0. The Morgan fingerprint density at radius 3 is 2.43 bits per heavy atom. The van der Waals surface area contributed by atoms with Crippen LogP contribution >= 0.6 is 0 Å². The van der Waals surface area contributed by atoms with Crippen molar-refractivity contribution in [1.29, 1.82) is 0 Å². The second kappa shape index (κ2) is 7.17. The zero-order valence-corrected chi connectivity index (χ0v) is 8.52.